The van der Waals surface area contributed by atoms with Gasteiger partial charge in [0, 0.05) is 18.7 Å². The summed E-state index contributed by atoms with van der Waals surface area (Å²) in [4.78, 5) is 27.6. The van der Waals surface area contributed by atoms with Gasteiger partial charge in [-0.2, -0.15) is 0 Å². The number of carbonyl (C=O) groups is 2. The van der Waals surface area contributed by atoms with Crippen LogP contribution in [0.3, 0.4) is 0 Å². The first-order valence-corrected chi connectivity index (χ1v) is 7.88. The fourth-order valence-electron chi connectivity index (χ4n) is 2.40. The van der Waals surface area contributed by atoms with E-state index in [1.807, 2.05) is 6.92 Å². The van der Waals surface area contributed by atoms with Crippen LogP contribution in [0.25, 0.3) is 0 Å². The van der Waals surface area contributed by atoms with Crippen LogP contribution in [0.2, 0.25) is 0 Å². The van der Waals surface area contributed by atoms with E-state index >= 15 is 0 Å². The van der Waals surface area contributed by atoms with E-state index < -0.39 is 5.97 Å². The van der Waals surface area contributed by atoms with E-state index in [-0.39, 0.29) is 11.5 Å². The molecule has 5 nitrogen and oxygen atoms in total. The van der Waals surface area contributed by atoms with Crippen molar-refractivity contribution in [3.63, 3.8) is 0 Å². The maximum atomic E-state index is 12.5. The Morgan fingerprint density at radius 3 is 2.18 bits per heavy atom. The van der Waals surface area contributed by atoms with Crippen LogP contribution in [0.5, 0.6) is 0 Å². The molecule has 0 aliphatic carbocycles. The molecule has 1 rings (SSSR count). The Hall–Kier alpha value is -1.88. The molecule has 0 aliphatic heterocycles. The van der Waals surface area contributed by atoms with Crippen molar-refractivity contribution >= 4 is 11.9 Å². The zero-order valence-corrected chi connectivity index (χ0v) is 13.7. The molecule has 0 spiro atoms. The van der Waals surface area contributed by atoms with E-state index in [0.717, 1.165) is 26.1 Å². The van der Waals surface area contributed by atoms with Crippen LogP contribution in [-0.4, -0.2) is 59.5 Å². The van der Waals surface area contributed by atoms with Crippen molar-refractivity contribution in [3.05, 3.63) is 35.4 Å². The minimum Gasteiger partial charge on any atom is -0.478 e. The van der Waals surface area contributed by atoms with Gasteiger partial charge in [0.1, 0.15) is 0 Å². The van der Waals surface area contributed by atoms with Crippen molar-refractivity contribution in [2.75, 3.05) is 32.7 Å². The quantitative estimate of drug-likeness (QED) is 0.762. The molecule has 1 N–H and O–H groups in total. The van der Waals surface area contributed by atoms with E-state index in [9.17, 15) is 9.59 Å². The Labute approximate surface area is 132 Å². The fourth-order valence-corrected chi connectivity index (χ4v) is 2.40. The van der Waals surface area contributed by atoms with Crippen molar-refractivity contribution in [3.8, 4) is 0 Å². The monoisotopic (exact) mass is 306 g/mol. The average Bonchev–Trinajstić information content (AvgIpc) is 2.54. The van der Waals surface area contributed by atoms with Gasteiger partial charge in [-0.05, 0) is 51.2 Å². The van der Waals surface area contributed by atoms with Crippen LogP contribution < -0.4 is 0 Å². The number of aromatic carboxylic acids is 1. The fraction of sp³-hybridized carbons (Fsp3) is 0.529. The molecule has 0 bridgehead atoms. The predicted molar refractivity (Wildman–Crippen MR) is 87.4 cm³/mol. The van der Waals surface area contributed by atoms with E-state index in [1.165, 1.54) is 12.1 Å². The van der Waals surface area contributed by atoms with Crippen molar-refractivity contribution in [1.29, 1.82) is 0 Å². The average molecular weight is 306 g/mol. The molecule has 1 amide bonds. The van der Waals surface area contributed by atoms with E-state index in [1.54, 1.807) is 17.0 Å². The third-order valence-corrected chi connectivity index (χ3v) is 3.82. The van der Waals surface area contributed by atoms with Gasteiger partial charge in [0.05, 0.1) is 5.56 Å². The highest BCUT2D eigenvalue weighted by atomic mass is 16.4. The zero-order valence-electron chi connectivity index (χ0n) is 13.7. The van der Waals surface area contributed by atoms with Gasteiger partial charge in [-0.3, -0.25) is 4.79 Å². The van der Waals surface area contributed by atoms with Gasteiger partial charge in [0.15, 0.2) is 0 Å². The van der Waals surface area contributed by atoms with Crippen LogP contribution >= 0.6 is 0 Å². The number of carbonyl (C=O) groups excluding carboxylic acids is 1. The molecule has 0 fully saturated rings. The highest BCUT2D eigenvalue weighted by Crippen LogP contribution is 2.09. The molecule has 22 heavy (non-hydrogen) atoms. The lowest BCUT2D eigenvalue weighted by Crippen LogP contribution is -2.34. The van der Waals surface area contributed by atoms with Crippen molar-refractivity contribution in [2.24, 2.45) is 0 Å². The Bertz CT molecular complexity index is 498. The molecule has 0 aromatic heterocycles. The minimum absolute atomic E-state index is 0.106. The van der Waals surface area contributed by atoms with E-state index in [0.29, 0.717) is 18.7 Å². The predicted octanol–water partition coefficient (Wildman–Crippen LogP) is 2.58. The van der Waals surface area contributed by atoms with Crippen molar-refractivity contribution in [2.45, 2.75) is 27.2 Å². The Morgan fingerprint density at radius 2 is 1.64 bits per heavy atom. The topological polar surface area (TPSA) is 60.9 Å². The second-order valence-electron chi connectivity index (χ2n) is 5.15. The summed E-state index contributed by atoms with van der Waals surface area (Å²) in [6.45, 7) is 10.5. The van der Waals surface area contributed by atoms with Gasteiger partial charge in [-0.25, -0.2) is 4.79 Å². The van der Waals surface area contributed by atoms with Gasteiger partial charge in [0.2, 0.25) is 0 Å². The number of benzene rings is 1. The highest BCUT2D eigenvalue weighted by molar-refractivity contribution is 5.97. The molecular formula is C17H26N2O3. The number of amides is 1. The van der Waals surface area contributed by atoms with Crippen LogP contribution in [0.1, 0.15) is 47.9 Å². The minimum atomic E-state index is -1.01. The molecule has 0 saturated carbocycles. The second kappa shape index (κ2) is 9.20. The number of rotatable bonds is 9. The number of hydrogen-bond donors (Lipinski definition) is 1. The summed E-state index contributed by atoms with van der Waals surface area (Å²) in [5, 5.41) is 9.01. The Balaban J connectivity index is 2.68. The van der Waals surface area contributed by atoms with Crippen molar-refractivity contribution < 1.29 is 14.7 Å². The summed E-state index contributed by atoms with van der Waals surface area (Å²) in [5.41, 5.74) is 0.578. The first kappa shape index (κ1) is 18.2. The molecule has 0 saturated heterocycles. The van der Waals surface area contributed by atoms with Crippen LogP contribution in [0.4, 0.5) is 0 Å². The molecule has 0 radical (unpaired) electrons. The largest absolute Gasteiger partial charge is 0.478 e. The lowest BCUT2D eigenvalue weighted by Gasteiger charge is -2.23. The molecular weight excluding hydrogens is 280 g/mol. The molecule has 5 heteroatoms. The first-order chi connectivity index (χ1) is 10.5. The molecule has 1 aromatic carbocycles. The lowest BCUT2D eigenvalue weighted by atomic mass is 10.1. The van der Waals surface area contributed by atoms with Crippen LogP contribution in [0.15, 0.2) is 24.3 Å². The Kier molecular flexibility index (Phi) is 7.60. The smallest absolute Gasteiger partial charge is 0.335 e. The van der Waals surface area contributed by atoms with Gasteiger partial charge >= 0.3 is 5.97 Å². The van der Waals surface area contributed by atoms with Gasteiger partial charge < -0.3 is 14.9 Å². The van der Waals surface area contributed by atoms with Gasteiger partial charge in [-0.1, -0.05) is 19.9 Å². The standard InChI is InChI=1S/C17H26N2O3/c1-4-18(5-2)11-8-12-19(6-3)16(20)14-9-7-10-15(13-14)17(21)22/h7,9-10,13H,4-6,8,11-12H2,1-3H3,(H,21,22). The van der Waals surface area contributed by atoms with Crippen molar-refractivity contribution in [1.82, 2.24) is 9.80 Å². The van der Waals surface area contributed by atoms with Crippen LogP contribution in [-0.2, 0) is 0 Å². The summed E-state index contributed by atoms with van der Waals surface area (Å²) >= 11 is 0. The zero-order chi connectivity index (χ0) is 16.5. The first-order valence-electron chi connectivity index (χ1n) is 7.88. The number of carboxylic acid groups (broad SMARTS) is 1. The maximum Gasteiger partial charge on any atom is 0.335 e. The summed E-state index contributed by atoms with van der Waals surface area (Å²) in [5.74, 6) is -1.12. The molecule has 0 unspecified atom stereocenters. The summed E-state index contributed by atoms with van der Waals surface area (Å²) in [7, 11) is 0. The molecule has 0 aliphatic rings. The van der Waals surface area contributed by atoms with E-state index in [4.69, 9.17) is 5.11 Å². The third-order valence-electron chi connectivity index (χ3n) is 3.82. The third kappa shape index (κ3) is 5.15. The van der Waals surface area contributed by atoms with Gasteiger partial charge in [-0.15, -0.1) is 0 Å². The molecule has 122 valence electrons. The summed E-state index contributed by atoms with van der Waals surface area (Å²) in [6, 6.07) is 6.22. The van der Waals surface area contributed by atoms with Crippen LogP contribution in [0, 0.1) is 0 Å². The normalized spacial score (nSPS) is 10.7. The number of nitrogens with zero attached hydrogens (tertiary/aromatic N) is 2. The lowest BCUT2D eigenvalue weighted by molar-refractivity contribution is 0.0697. The summed E-state index contributed by atoms with van der Waals surface area (Å²) in [6.07, 6.45) is 0.917. The van der Waals surface area contributed by atoms with Gasteiger partial charge in [0.25, 0.3) is 5.91 Å². The Morgan fingerprint density at radius 1 is 1.00 bits per heavy atom. The number of hydrogen-bond acceptors (Lipinski definition) is 3. The highest BCUT2D eigenvalue weighted by Gasteiger charge is 2.15. The SMILES string of the molecule is CCN(CC)CCCN(CC)C(=O)c1cccc(C(=O)O)c1. The second-order valence-corrected chi connectivity index (χ2v) is 5.15. The summed E-state index contributed by atoms with van der Waals surface area (Å²) < 4.78 is 0. The maximum absolute atomic E-state index is 12.5. The van der Waals surface area contributed by atoms with E-state index in [2.05, 4.69) is 18.7 Å². The molecule has 0 atom stereocenters. The molecule has 0 heterocycles. The number of carboxylic acids is 1. The molecule has 1 aromatic rings.